The van der Waals surface area contributed by atoms with E-state index in [4.69, 9.17) is 0 Å². The van der Waals surface area contributed by atoms with Crippen LogP contribution in [0.15, 0.2) is 57.9 Å². The van der Waals surface area contributed by atoms with Gasteiger partial charge < -0.3 is 0 Å². The molecule has 20 heavy (non-hydrogen) atoms. The molecule has 2 aromatic rings. The maximum Gasteiger partial charge on any atom is 0.270 e. The molecule has 0 unspecified atom stereocenters. The predicted molar refractivity (Wildman–Crippen MR) is 82.3 cm³/mol. The zero-order valence-corrected chi connectivity index (χ0v) is 12.7. The highest BCUT2D eigenvalue weighted by Crippen LogP contribution is 2.25. The number of rotatable bonds is 5. The van der Waals surface area contributed by atoms with Crippen LogP contribution in [0.2, 0.25) is 0 Å². The van der Waals surface area contributed by atoms with Crippen molar-refractivity contribution >= 4 is 39.2 Å². The molecule has 0 bridgehead atoms. The molecule has 0 amide bonds. The average molecular weight is 352 g/mol. The summed E-state index contributed by atoms with van der Waals surface area (Å²) in [5.74, 6) is 0.0958. The monoisotopic (exact) mass is 351 g/mol. The summed E-state index contributed by atoms with van der Waals surface area (Å²) >= 11 is 4.66. The van der Waals surface area contributed by atoms with E-state index in [0.717, 1.165) is 4.90 Å². The molecule has 0 spiro atoms. The lowest BCUT2D eigenvalue weighted by Crippen LogP contribution is -2.04. The van der Waals surface area contributed by atoms with E-state index in [2.05, 4.69) is 15.9 Å². The summed E-state index contributed by atoms with van der Waals surface area (Å²) in [5.41, 5.74) is 0.254. The van der Waals surface area contributed by atoms with Crippen LogP contribution in [0.3, 0.4) is 0 Å². The number of benzene rings is 2. The molecule has 102 valence electrons. The maximum atomic E-state index is 12.1. The number of halogens is 1. The van der Waals surface area contributed by atoms with Crippen molar-refractivity contribution < 1.29 is 9.72 Å². The lowest BCUT2D eigenvalue weighted by atomic mass is 10.1. The molecule has 0 radical (unpaired) electrons. The van der Waals surface area contributed by atoms with E-state index in [0.29, 0.717) is 10.0 Å². The minimum atomic E-state index is -0.506. The Hall–Kier alpha value is -1.66. The largest absolute Gasteiger partial charge is 0.293 e. The topological polar surface area (TPSA) is 60.2 Å². The lowest BCUT2D eigenvalue weighted by Gasteiger charge is -2.04. The first kappa shape index (κ1) is 14.7. The van der Waals surface area contributed by atoms with Crippen molar-refractivity contribution in [3.63, 3.8) is 0 Å². The number of hydrogen-bond acceptors (Lipinski definition) is 4. The average Bonchev–Trinajstić information content (AvgIpc) is 2.46. The van der Waals surface area contributed by atoms with Gasteiger partial charge in [-0.15, -0.1) is 11.8 Å². The zero-order chi connectivity index (χ0) is 14.5. The molecule has 0 aromatic heterocycles. The highest BCUT2D eigenvalue weighted by Gasteiger charge is 2.15. The quantitative estimate of drug-likeness (QED) is 0.348. The van der Waals surface area contributed by atoms with Crippen molar-refractivity contribution in [3.8, 4) is 0 Å². The second kappa shape index (κ2) is 6.67. The smallest absolute Gasteiger partial charge is 0.270 e. The number of thioether (sulfide) groups is 1. The first-order valence-corrected chi connectivity index (χ1v) is 7.51. The van der Waals surface area contributed by atoms with Crippen molar-refractivity contribution in [2.24, 2.45) is 0 Å². The molecule has 0 aliphatic carbocycles. The number of carbonyl (C=O) groups excluding carboxylic acids is 1. The van der Waals surface area contributed by atoms with Gasteiger partial charge in [-0.1, -0.05) is 34.1 Å². The van der Waals surface area contributed by atoms with Gasteiger partial charge in [0.2, 0.25) is 0 Å². The van der Waals surface area contributed by atoms with E-state index in [1.54, 1.807) is 0 Å². The number of nitro benzene ring substituents is 1. The number of ketones is 1. The van der Waals surface area contributed by atoms with Gasteiger partial charge in [0, 0.05) is 27.1 Å². The fraction of sp³-hybridized carbons (Fsp3) is 0.0714. The van der Waals surface area contributed by atoms with Crippen molar-refractivity contribution in [2.75, 3.05) is 5.75 Å². The third-order valence-corrected chi connectivity index (χ3v) is 4.28. The Bertz CT molecular complexity index is 646. The van der Waals surface area contributed by atoms with E-state index in [1.807, 2.05) is 30.3 Å². The summed E-state index contributed by atoms with van der Waals surface area (Å²) in [4.78, 5) is 23.4. The second-order valence-electron chi connectivity index (χ2n) is 3.95. The van der Waals surface area contributed by atoms with E-state index >= 15 is 0 Å². The van der Waals surface area contributed by atoms with Gasteiger partial charge >= 0.3 is 0 Å². The molecule has 2 rings (SSSR count). The number of nitrogens with zero attached hydrogens (tertiary/aromatic N) is 1. The van der Waals surface area contributed by atoms with Crippen molar-refractivity contribution in [1.29, 1.82) is 0 Å². The Morgan fingerprint density at radius 1 is 1.20 bits per heavy atom. The molecule has 4 nitrogen and oxygen atoms in total. The minimum absolute atomic E-state index is 0.0822. The first-order valence-electron chi connectivity index (χ1n) is 5.73. The molecular weight excluding hydrogens is 342 g/mol. The molecule has 0 heterocycles. The fourth-order valence-electron chi connectivity index (χ4n) is 1.58. The van der Waals surface area contributed by atoms with Crippen LogP contribution in [-0.2, 0) is 0 Å². The molecular formula is C14H10BrNO3S. The van der Waals surface area contributed by atoms with E-state index < -0.39 is 4.92 Å². The zero-order valence-electron chi connectivity index (χ0n) is 10.3. The van der Waals surface area contributed by atoms with Crippen LogP contribution in [0.4, 0.5) is 5.69 Å². The summed E-state index contributed by atoms with van der Waals surface area (Å²) in [7, 11) is 0. The van der Waals surface area contributed by atoms with Gasteiger partial charge in [-0.25, -0.2) is 0 Å². The number of non-ortho nitro benzene ring substituents is 1. The van der Waals surface area contributed by atoms with Gasteiger partial charge in [-0.05, 0) is 18.2 Å². The third kappa shape index (κ3) is 3.68. The summed E-state index contributed by atoms with van der Waals surface area (Å²) in [6, 6.07) is 13.7. The first-order chi connectivity index (χ1) is 9.58. The number of carbonyl (C=O) groups is 1. The Labute approximate surface area is 128 Å². The van der Waals surface area contributed by atoms with Crippen LogP contribution < -0.4 is 0 Å². The summed E-state index contributed by atoms with van der Waals surface area (Å²) in [5, 5.41) is 10.7. The van der Waals surface area contributed by atoms with E-state index in [9.17, 15) is 14.9 Å². The van der Waals surface area contributed by atoms with Gasteiger partial charge in [0.25, 0.3) is 5.69 Å². The standard InChI is InChI=1S/C14H10BrNO3S/c15-13-7-6-10(16(18)19)8-12(13)14(17)9-20-11-4-2-1-3-5-11/h1-8H,9H2. The van der Waals surface area contributed by atoms with Gasteiger partial charge in [0.1, 0.15) is 0 Å². The molecule has 0 aliphatic heterocycles. The molecule has 0 saturated heterocycles. The second-order valence-corrected chi connectivity index (χ2v) is 5.85. The summed E-state index contributed by atoms with van der Waals surface area (Å²) in [6.07, 6.45) is 0. The normalized spacial score (nSPS) is 10.2. The Kier molecular flexibility index (Phi) is 4.92. The van der Waals surface area contributed by atoms with Gasteiger partial charge in [0.15, 0.2) is 5.78 Å². The van der Waals surface area contributed by atoms with Crippen LogP contribution in [-0.4, -0.2) is 16.5 Å². The van der Waals surface area contributed by atoms with Crippen molar-refractivity contribution in [3.05, 3.63) is 68.7 Å². The van der Waals surface area contributed by atoms with Crippen molar-refractivity contribution in [1.82, 2.24) is 0 Å². The lowest BCUT2D eigenvalue weighted by molar-refractivity contribution is -0.384. The minimum Gasteiger partial charge on any atom is -0.293 e. The molecule has 0 N–H and O–H groups in total. The molecule has 0 saturated carbocycles. The molecule has 6 heteroatoms. The summed E-state index contributed by atoms with van der Waals surface area (Å²) < 4.78 is 0.571. The van der Waals surface area contributed by atoms with Crippen LogP contribution >= 0.6 is 27.7 Å². The number of Topliss-reactive ketones (excluding diaryl/α,β-unsaturated/α-hetero) is 1. The molecule has 0 aliphatic rings. The van der Waals surface area contributed by atoms with Crippen LogP contribution in [0.1, 0.15) is 10.4 Å². The molecule has 0 atom stereocenters. The van der Waals surface area contributed by atoms with Gasteiger partial charge in [-0.3, -0.25) is 14.9 Å². The number of hydrogen-bond donors (Lipinski definition) is 0. The van der Waals surface area contributed by atoms with Crippen LogP contribution in [0.5, 0.6) is 0 Å². The predicted octanol–water partition coefficient (Wildman–Crippen LogP) is 4.33. The SMILES string of the molecule is O=C(CSc1ccccc1)c1cc([N+](=O)[O-])ccc1Br. The summed E-state index contributed by atoms with van der Waals surface area (Å²) in [6.45, 7) is 0. The van der Waals surface area contributed by atoms with E-state index in [1.165, 1.54) is 30.0 Å². The van der Waals surface area contributed by atoms with Crippen molar-refractivity contribution in [2.45, 2.75) is 4.90 Å². The number of nitro groups is 1. The maximum absolute atomic E-state index is 12.1. The Balaban J connectivity index is 2.13. The third-order valence-electron chi connectivity index (χ3n) is 2.57. The van der Waals surface area contributed by atoms with Gasteiger partial charge in [-0.2, -0.15) is 0 Å². The van der Waals surface area contributed by atoms with E-state index in [-0.39, 0.29) is 17.2 Å². The van der Waals surface area contributed by atoms with Gasteiger partial charge in [0.05, 0.1) is 10.7 Å². The van der Waals surface area contributed by atoms with Crippen LogP contribution in [0, 0.1) is 10.1 Å². The Morgan fingerprint density at radius 3 is 2.55 bits per heavy atom. The Morgan fingerprint density at radius 2 is 1.90 bits per heavy atom. The highest BCUT2D eigenvalue weighted by molar-refractivity contribution is 9.10. The highest BCUT2D eigenvalue weighted by atomic mass is 79.9. The molecule has 0 fully saturated rings. The van der Waals surface area contributed by atoms with Crippen LogP contribution in [0.25, 0.3) is 0 Å². The fourth-order valence-corrected chi connectivity index (χ4v) is 2.85. The molecule has 2 aromatic carbocycles.